The summed E-state index contributed by atoms with van der Waals surface area (Å²) in [4.78, 5) is 18.1. The van der Waals surface area contributed by atoms with Crippen LogP contribution in [0.4, 0.5) is 4.79 Å². The smallest absolute Gasteiger partial charge is 0.410 e. The number of hydrogen-bond donors (Lipinski definition) is 1. The summed E-state index contributed by atoms with van der Waals surface area (Å²) in [7, 11) is 0. The second-order valence-corrected chi connectivity index (χ2v) is 6.47. The van der Waals surface area contributed by atoms with Gasteiger partial charge in [-0.05, 0) is 40.5 Å². The maximum absolute atomic E-state index is 12.2. The van der Waals surface area contributed by atoms with E-state index in [1.54, 1.807) is 6.20 Å². The number of rotatable bonds is 4. The van der Waals surface area contributed by atoms with E-state index in [1.807, 2.05) is 32.6 Å². The van der Waals surface area contributed by atoms with Gasteiger partial charge in [-0.15, -0.1) is 0 Å². The van der Waals surface area contributed by atoms with E-state index in [2.05, 4.69) is 10.3 Å². The molecular formula is C15H25N3O3. The lowest BCUT2D eigenvalue weighted by Gasteiger charge is -2.28. The van der Waals surface area contributed by atoms with E-state index < -0.39 is 5.60 Å². The van der Waals surface area contributed by atoms with Crippen LogP contribution in [0.5, 0.6) is 0 Å². The van der Waals surface area contributed by atoms with E-state index >= 15 is 0 Å². The number of nitrogens with one attached hydrogen (secondary N) is 1. The molecule has 1 fully saturated rings. The minimum atomic E-state index is -0.451. The first-order valence-electron chi connectivity index (χ1n) is 7.47. The molecule has 6 heteroatoms. The molecule has 0 bridgehead atoms. The number of likely N-dealkylation sites (tertiary alicyclic amines) is 1. The molecule has 1 amide bonds. The predicted molar refractivity (Wildman–Crippen MR) is 78.9 cm³/mol. The van der Waals surface area contributed by atoms with Crippen LogP contribution in [0, 0.1) is 6.92 Å². The van der Waals surface area contributed by atoms with Crippen LogP contribution in [0.2, 0.25) is 0 Å². The molecule has 1 aliphatic rings. The van der Waals surface area contributed by atoms with Gasteiger partial charge in [-0.3, -0.25) is 0 Å². The first-order valence-corrected chi connectivity index (χ1v) is 7.47. The molecule has 118 valence electrons. The summed E-state index contributed by atoms with van der Waals surface area (Å²) in [5, 5.41) is 3.30. The quantitative estimate of drug-likeness (QED) is 0.924. The standard InChI is InChI=1S/C15H25N3O3/c1-11-8-17-13(20-11)10-16-9-12-6-5-7-18(12)14(19)21-15(2,3)4/h8,12,16H,5-7,9-10H2,1-4H3. The van der Waals surface area contributed by atoms with Crippen molar-refractivity contribution in [1.29, 1.82) is 0 Å². The van der Waals surface area contributed by atoms with Crippen LogP contribution >= 0.6 is 0 Å². The van der Waals surface area contributed by atoms with Gasteiger partial charge >= 0.3 is 6.09 Å². The fourth-order valence-corrected chi connectivity index (χ4v) is 2.44. The summed E-state index contributed by atoms with van der Waals surface area (Å²) in [6, 6.07) is 0.177. The van der Waals surface area contributed by atoms with Gasteiger partial charge in [0.05, 0.1) is 12.7 Å². The Balaban J connectivity index is 1.80. The highest BCUT2D eigenvalue weighted by atomic mass is 16.6. The van der Waals surface area contributed by atoms with Gasteiger partial charge in [0.2, 0.25) is 5.89 Å². The van der Waals surface area contributed by atoms with Crippen molar-refractivity contribution in [2.75, 3.05) is 13.1 Å². The van der Waals surface area contributed by atoms with Gasteiger partial charge in [-0.1, -0.05) is 0 Å². The lowest BCUT2D eigenvalue weighted by molar-refractivity contribution is 0.0226. The average molecular weight is 295 g/mol. The number of nitrogens with zero attached hydrogens (tertiary/aromatic N) is 2. The minimum absolute atomic E-state index is 0.177. The lowest BCUT2D eigenvalue weighted by Crippen LogP contribution is -2.44. The molecule has 1 unspecified atom stereocenters. The van der Waals surface area contributed by atoms with Crippen LogP contribution < -0.4 is 5.32 Å². The van der Waals surface area contributed by atoms with Crippen LogP contribution in [0.1, 0.15) is 45.3 Å². The van der Waals surface area contributed by atoms with Gasteiger partial charge in [-0.25, -0.2) is 9.78 Å². The van der Waals surface area contributed by atoms with Crippen molar-refractivity contribution >= 4 is 6.09 Å². The van der Waals surface area contributed by atoms with Gasteiger partial charge in [0, 0.05) is 19.1 Å². The second kappa shape index (κ2) is 6.47. The number of aromatic nitrogens is 1. The van der Waals surface area contributed by atoms with Crippen LogP contribution in [0.25, 0.3) is 0 Å². The van der Waals surface area contributed by atoms with E-state index in [4.69, 9.17) is 9.15 Å². The van der Waals surface area contributed by atoms with Gasteiger partial charge in [-0.2, -0.15) is 0 Å². The lowest BCUT2D eigenvalue weighted by atomic mass is 10.2. The second-order valence-electron chi connectivity index (χ2n) is 6.47. The Morgan fingerprint density at radius 2 is 2.33 bits per heavy atom. The zero-order chi connectivity index (χ0) is 15.5. The fraction of sp³-hybridized carbons (Fsp3) is 0.733. The van der Waals surface area contributed by atoms with Crippen molar-refractivity contribution in [2.45, 2.75) is 58.7 Å². The molecule has 6 nitrogen and oxygen atoms in total. The van der Waals surface area contributed by atoms with Gasteiger partial charge < -0.3 is 19.4 Å². The highest BCUT2D eigenvalue weighted by Crippen LogP contribution is 2.20. The molecule has 1 aromatic heterocycles. The summed E-state index contributed by atoms with van der Waals surface area (Å²) in [5.74, 6) is 1.48. The third-order valence-electron chi connectivity index (χ3n) is 3.33. The molecule has 1 saturated heterocycles. The van der Waals surface area contributed by atoms with E-state index in [0.717, 1.165) is 31.7 Å². The topological polar surface area (TPSA) is 67.6 Å². The fourth-order valence-electron chi connectivity index (χ4n) is 2.44. The molecule has 1 aromatic rings. The van der Waals surface area contributed by atoms with Crippen LogP contribution in [-0.4, -0.2) is 40.7 Å². The maximum Gasteiger partial charge on any atom is 0.410 e. The Bertz CT molecular complexity index is 479. The summed E-state index contributed by atoms with van der Waals surface area (Å²) < 4.78 is 10.9. The molecule has 1 aliphatic heterocycles. The van der Waals surface area contributed by atoms with Crippen molar-refractivity contribution in [2.24, 2.45) is 0 Å². The number of hydrogen-bond acceptors (Lipinski definition) is 5. The van der Waals surface area contributed by atoms with E-state index in [1.165, 1.54) is 0 Å². The van der Waals surface area contributed by atoms with Crippen molar-refractivity contribution in [1.82, 2.24) is 15.2 Å². The normalized spacial score (nSPS) is 19.0. The van der Waals surface area contributed by atoms with Crippen LogP contribution in [0.15, 0.2) is 10.6 Å². The Kier molecular flexibility index (Phi) is 4.88. The van der Waals surface area contributed by atoms with Crippen molar-refractivity contribution < 1.29 is 13.9 Å². The number of ether oxygens (including phenoxy) is 1. The third-order valence-corrected chi connectivity index (χ3v) is 3.33. The molecule has 0 radical (unpaired) electrons. The van der Waals surface area contributed by atoms with Gasteiger partial charge in [0.15, 0.2) is 0 Å². The molecule has 1 atom stereocenters. The molecule has 2 rings (SSSR count). The van der Waals surface area contributed by atoms with E-state index in [0.29, 0.717) is 12.4 Å². The number of amides is 1. The molecule has 0 saturated carbocycles. The molecule has 21 heavy (non-hydrogen) atoms. The molecule has 1 N–H and O–H groups in total. The van der Waals surface area contributed by atoms with Gasteiger partial charge in [0.25, 0.3) is 0 Å². The average Bonchev–Trinajstić information content (AvgIpc) is 2.96. The van der Waals surface area contributed by atoms with Crippen molar-refractivity contribution in [3.63, 3.8) is 0 Å². The maximum atomic E-state index is 12.2. The monoisotopic (exact) mass is 295 g/mol. The number of aryl methyl sites for hydroxylation is 1. The van der Waals surface area contributed by atoms with Crippen molar-refractivity contribution in [3.05, 3.63) is 17.8 Å². The predicted octanol–water partition coefficient (Wildman–Crippen LogP) is 2.47. The first-order chi connectivity index (χ1) is 9.85. The Morgan fingerprint density at radius 3 is 2.95 bits per heavy atom. The SMILES string of the molecule is Cc1cnc(CNCC2CCCN2C(=O)OC(C)(C)C)o1. The zero-order valence-electron chi connectivity index (χ0n) is 13.3. The number of oxazole rings is 1. The Morgan fingerprint density at radius 1 is 1.57 bits per heavy atom. The highest BCUT2D eigenvalue weighted by Gasteiger charge is 2.31. The largest absolute Gasteiger partial charge is 0.445 e. The van der Waals surface area contributed by atoms with E-state index in [9.17, 15) is 4.79 Å². The highest BCUT2D eigenvalue weighted by molar-refractivity contribution is 5.69. The summed E-state index contributed by atoms with van der Waals surface area (Å²) in [6.07, 6.45) is 3.50. The number of carbonyl (C=O) groups is 1. The van der Waals surface area contributed by atoms with Gasteiger partial charge in [0.1, 0.15) is 11.4 Å². The molecule has 0 spiro atoms. The Labute approximate surface area is 125 Å². The van der Waals surface area contributed by atoms with Crippen LogP contribution in [-0.2, 0) is 11.3 Å². The molecular weight excluding hydrogens is 270 g/mol. The first kappa shape index (κ1) is 15.8. The molecule has 0 aliphatic carbocycles. The number of carbonyl (C=O) groups excluding carboxylic acids is 1. The Hall–Kier alpha value is -1.56. The minimum Gasteiger partial charge on any atom is -0.445 e. The molecule has 0 aromatic carbocycles. The summed E-state index contributed by atoms with van der Waals surface area (Å²) in [6.45, 7) is 9.60. The van der Waals surface area contributed by atoms with Crippen molar-refractivity contribution in [3.8, 4) is 0 Å². The van der Waals surface area contributed by atoms with E-state index in [-0.39, 0.29) is 12.1 Å². The van der Waals surface area contributed by atoms with Crippen LogP contribution in [0.3, 0.4) is 0 Å². The third kappa shape index (κ3) is 4.74. The summed E-state index contributed by atoms with van der Waals surface area (Å²) in [5.41, 5.74) is -0.451. The molecule has 2 heterocycles. The zero-order valence-corrected chi connectivity index (χ0v) is 13.3. The summed E-state index contributed by atoms with van der Waals surface area (Å²) >= 11 is 0.